The Balaban J connectivity index is 1.37. The Hall–Kier alpha value is -2.18. The molecule has 1 amide bonds. The second-order valence-electron chi connectivity index (χ2n) is 6.57. The van der Waals surface area contributed by atoms with Crippen LogP contribution in [-0.2, 0) is 11.2 Å². The number of carbonyl (C=O) groups is 1. The predicted octanol–water partition coefficient (Wildman–Crippen LogP) is 3.14. The number of aromatic nitrogens is 2. The van der Waals surface area contributed by atoms with Crippen LogP contribution in [0.2, 0.25) is 0 Å². The van der Waals surface area contributed by atoms with E-state index in [2.05, 4.69) is 10.2 Å². The zero-order valence-corrected chi connectivity index (χ0v) is 14.7. The van der Waals surface area contributed by atoms with E-state index in [0.717, 1.165) is 34.3 Å². The number of aliphatic hydroxyl groups is 1. The summed E-state index contributed by atoms with van der Waals surface area (Å²) in [7, 11) is 0. The number of hydrogen-bond acceptors (Lipinski definition) is 4. The van der Waals surface area contributed by atoms with Crippen LogP contribution < -0.4 is 0 Å². The second-order valence-corrected chi connectivity index (χ2v) is 7.55. The minimum atomic E-state index is -0.409. The number of H-pyrrole nitrogens is 1. The first kappa shape index (κ1) is 16.3. The average molecular weight is 355 g/mol. The molecule has 1 unspecified atom stereocenters. The molecule has 0 spiro atoms. The van der Waals surface area contributed by atoms with Gasteiger partial charge in [0.05, 0.1) is 23.7 Å². The molecule has 0 saturated carbocycles. The van der Waals surface area contributed by atoms with Crippen LogP contribution in [0.15, 0.2) is 41.8 Å². The zero-order valence-electron chi connectivity index (χ0n) is 13.9. The highest BCUT2D eigenvalue weighted by atomic mass is 32.1. The van der Waals surface area contributed by atoms with Gasteiger partial charge >= 0.3 is 0 Å². The van der Waals surface area contributed by atoms with E-state index in [1.54, 1.807) is 11.3 Å². The summed E-state index contributed by atoms with van der Waals surface area (Å²) in [5, 5.41) is 20.7. The summed E-state index contributed by atoms with van der Waals surface area (Å²) in [6.45, 7) is 1.41. The maximum absolute atomic E-state index is 12.6. The van der Waals surface area contributed by atoms with E-state index in [0.29, 0.717) is 19.5 Å². The molecule has 3 heterocycles. The molecule has 6 heteroatoms. The normalized spacial score (nSPS) is 17.1. The molecule has 25 heavy (non-hydrogen) atoms. The Morgan fingerprint density at radius 3 is 2.84 bits per heavy atom. The SMILES string of the molecule is O=C(Cc1[nH]nc2ccccc12)N1CCC(C(O)c2cccs2)CC1. The largest absolute Gasteiger partial charge is 0.387 e. The van der Waals surface area contributed by atoms with Crippen molar-refractivity contribution >= 4 is 28.1 Å². The van der Waals surface area contributed by atoms with Crippen LogP contribution in [0.1, 0.15) is 29.5 Å². The Morgan fingerprint density at radius 1 is 1.28 bits per heavy atom. The van der Waals surface area contributed by atoms with Gasteiger partial charge in [-0.05, 0) is 36.3 Å². The number of aromatic amines is 1. The fraction of sp³-hybridized carbons (Fsp3) is 0.368. The highest BCUT2D eigenvalue weighted by Gasteiger charge is 2.29. The summed E-state index contributed by atoms with van der Waals surface area (Å²) in [6, 6.07) is 11.8. The molecular formula is C19H21N3O2S. The van der Waals surface area contributed by atoms with Gasteiger partial charge in [-0.25, -0.2) is 0 Å². The molecule has 1 saturated heterocycles. The molecule has 0 bridgehead atoms. The molecular weight excluding hydrogens is 334 g/mol. The number of piperidine rings is 1. The van der Waals surface area contributed by atoms with Gasteiger partial charge in [-0.2, -0.15) is 5.10 Å². The first-order valence-electron chi connectivity index (χ1n) is 8.63. The fourth-order valence-electron chi connectivity index (χ4n) is 3.57. The molecule has 0 radical (unpaired) electrons. The van der Waals surface area contributed by atoms with Gasteiger partial charge in [0.25, 0.3) is 0 Å². The second kappa shape index (κ2) is 6.98. The fourth-order valence-corrected chi connectivity index (χ4v) is 4.37. The van der Waals surface area contributed by atoms with Crippen LogP contribution in [0.25, 0.3) is 10.9 Å². The Bertz CT molecular complexity index is 851. The molecule has 1 aromatic carbocycles. The summed E-state index contributed by atoms with van der Waals surface area (Å²) in [6.07, 6.45) is 1.62. The summed E-state index contributed by atoms with van der Waals surface area (Å²) in [4.78, 5) is 15.6. The summed E-state index contributed by atoms with van der Waals surface area (Å²) in [5.74, 6) is 0.356. The van der Waals surface area contributed by atoms with Gasteiger partial charge in [0.1, 0.15) is 0 Å². The quantitative estimate of drug-likeness (QED) is 0.755. The van der Waals surface area contributed by atoms with Crippen molar-refractivity contribution in [1.29, 1.82) is 0 Å². The van der Waals surface area contributed by atoms with Gasteiger partial charge in [-0.15, -0.1) is 11.3 Å². The van der Waals surface area contributed by atoms with Gasteiger partial charge in [-0.3, -0.25) is 9.89 Å². The van der Waals surface area contributed by atoms with Crippen LogP contribution in [0, 0.1) is 5.92 Å². The van der Waals surface area contributed by atoms with E-state index < -0.39 is 6.10 Å². The number of hydrogen-bond donors (Lipinski definition) is 2. The number of carbonyl (C=O) groups excluding carboxylic acids is 1. The number of amides is 1. The average Bonchev–Trinajstić information content (AvgIpc) is 3.32. The van der Waals surface area contributed by atoms with Gasteiger partial charge < -0.3 is 10.0 Å². The van der Waals surface area contributed by atoms with Crippen LogP contribution in [0.3, 0.4) is 0 Å². The predicted molar refractivity (Wildman–Crippen MR) is 98.4 cm³/mol. The minimum Gasteiger partial charge on any atom is -0.387 e. The van der Waals surface area contributed by atoms with E-state index in [-0.39, 0.29) is 11.8 Å². The highest BCUT2D eigenvalue weighted by molar-refractivity contribution is 7.10. The molecule has 130 valence electrons. The first-order chi connectivity index (χ1) is 12.2. The number of aliphatic hydroxyl groups excluding tert-OH is 1. The van der Waals surface area contributed by atoms with Crippen molar-refractivity contribution < 1.29 is 9.90 Å². The van der Waals surface area contributed by atoms with Crippen LogP contribution in [-0.4, -0.2) is 39.2 Å². The van der Waals surface area contributed by atoms with E-state index in [1.807, 2.05) is 46.7 Å². The molecule has 5 nitrogen and oxygen atoms in total. The van der Waals surface area contributed by atoms with Crippen LogP contribution in [0.5, 0.6) is 0 Å². The number of benzene rings is 1. The van der Waals surface area contributed by atoms with Crippen molar-refractivity contribution in [3.05, 3.63) is 52.3 Å². The van der Waals surface area contributed by atoms with Gasteiger partial charge in [-0.1, -0.05) is 24.3 Å². The van der Waals surface area contributed by atoms with Gasteiger partial charge in [0.2, 0.25) is 5.91 Å². The lowest BCUT2D eigenvalue weighted by atomic mass is 9.90. The molecule has 1 aliphatic rings. The molecule has 0 aliphatic carbocycles. The minimum absolute atomic E-state index is 0.124. The van der Waals surface area contributed by atoms with Crippen molar-refractivity contribution in [2.75, 3.05) is 13.1 Å². The molecule has 1 aliphatic heterocycles. The first-order valence-corrected chi connectivity index (χ1v) is 9.51. The summed E-state index contributed by atoms with van der Waals surface area (Å²) in [5.41, 5.74) is 1.77. The maximum atomic E-state index is 12.6. The lowest BCUT2D eigenvalue weighted by molar-refractivity contribution is -0.132. The molecule has 2 N–H and O–H groups in total. The number of thiophene rings is 1. The van der Waals surface area contributed by atoms with Crippen molar-refractivity contribution in [1.82, 2.24) is 15.1 Å². The Labute approximate surface area is 150 Å². The number of rotatable bonds is 4. The highest BCUT2D eigenvalue weighted by Crippen LogP contribution is 2.33. The van der Waals surface area contributed by atoms with Crippen molar-refractivity contribution in [3.63, 3.8) is 0 Å². The zero-order chi connectivity index (χ0) is 17.2. The number of nitrogens with zero attached hydrogens (tertiary/aromatic N) is 2. The van der Waals surface area contributed by atoms with Gasteiger partial charge in [0, 0.05) is 23.4 Å². The van der Waals surface area contributed by atoms with E-state index >= 15 is 0 Å². The van der Waals surface area contributed by atoms with E-state index in [9.17, 15) is 9.90 Å². The van der Waals surface area contributed by atoms with Crippen molar-refractivity contribution in [2.24, 2.45) is 5.92 Å². The maximum Gasteiger partial charge on any atom is 0.228 e. The van der Waals surface area contributed by atoms with Gasteiger partial charge in [0.15, 0.2) is 0 Å². The Kier molecular flexibility index (Phi) is 4.55. The molecule has 1 fully saturated rings. The third-order valence-electron chi connectivity index (χ3n) is 5.04. The van der Waals surface area contributed by atoms with Crippen molar-refractivity contribution in [3.8, 4) is 0 Å². The lowest BCUT2D eigenvalue weighted by Gasteiger charge is -2.34. The standard InChI is InChI=1S/C19H21N3O2S/c23-18(12-16-14-4-1-2-5-15(14)20-21-16)22-9-7-13(8-10-22)19(24)17-6-3-11-25-17/h1-6,11,13,19,24H,7-10,12H2,(H,20,21). The van der Waals surface area contributed by atoms with E-state index in [1.165, 1.54) is 0 Å². The molecule has 1 atom stereocenters. The number of likely N-dealkylation sites (tertiary alicyclic amines) is 1. The number of fused-ring (bicyclic) bond motifs is 1. The van der Waals surface area contributed by atoms with E-state index in [4.69, 9.17) is 0 Å². The number of nitrogens with one attached hydrogen (secondary N) is 1. The monoisotopic (exact) mass is 355 g/mol. The lowest BCUT2D eigenvalue weighted by Crippen LogP contribution is -2.40. The molecule has 2 aromatic heterocycles. The third kappa shape index (κ3) is 3.32. The molecule has 4 rings (SSSR count). The molecule has 3 aromatic rings. The number of para-hydroxylation sites is 1. The smallest absolute Gasteiger partial charge is 0.228 e. The third-order valence-corrected chi connectivity index (χ3v) is 5.98. The Morgan fingerprint density at radius 2 is 2.08 bits per heavy atom. The topological polar surface area (TPSA) is 69.2 Å². The summed E-state index contributed by atoms with van der Waals surface area (Å²) >= 11 is 1.59. The van der Waals surface area contributed by atoms with Crippen LogP contribution in [0.4, 0.5) is 0 Å². The van der Waals surface area contributed by atoms with Crippen molar-refractivity contribution in [2.45, 2.75) is 25.4 Å². The summed E-state index contributed by atoms with van der Waals surface area (Å²) < 4.78 is 0. The van der Waals surface area contributed by atoms with Crippen LogP contribution >= 0.6 is 11.3 Å².